The van der Waals surface area contributed by atoms with Crippen molar-refractivity contribution in [1.29, 1.82) is 0 Å². The number of piperazine rings is 1. The van der Waals surface area contributed by atoms with Gasteiger partial charge in [0.1, 0.15) is 0 Å². The third kappa shape index (κ3) is 3.74. The molecule has 23 heavy (non-hydrogen) atoms. The van der Waals surface area contributed by atoms with Gasteiger partial charge in [0.2, 0.25) is 0 Å². The van der Waals surface area contributed by atoms with E-state index in [0.29, 0.717) is 12.1 Å². The van der Waals surface area contributed by atoms with Crippen molar-refractivity contribution >= 4 is 23.5 Å². The SMILES string of the molecule is c1ccc([C@H]2COC[C@H]3CN(C4CSCCSC4)CCN32)cc1. The molecule has 0 N–H and O–H groups in total. The number of hydrogen-bond donors (Lipinski definition) is 0. The zero-order valence-electron chi connectivity index (χ0n) is 13.6. The molecule has 3 aliphatic heterocycles. The van der Waals surface area contributed by atoms with Crippen LogP contribution in [0.25, 0.3) is 0 Å². The molecule has 0 amide bonds. The lowest BCUT2D eigenvalue weighted by Gasteiger charge is -2.49. The summed E-state index contributed by atoms with van der Waals surface area (Å²) >= 11 is 4.27. The van der Waals surface area contributed by atoms with Crippen LogP contribution in [0.15, 0.2) is 30.3 Å². The molecule has 3 saturated heterocycles. The van der Waals surface area contributed by atoms with Gasteiger partial charge in [-0.1, -0.05) is 30.3 Å². The molecular formula is C18H26N2OS2. The highest BCUT2D eigenvalue weighted by Gasteiger charge is 2.38. The van der Waals surface area contributed by atoms with E-state index >= 15 is 0 Å². The number of rotatable bonds is 2. The fourth-order valence-corrected chi connectivity index (χ4v) is 6.60. The lowest BCUT2D eigenvalue weighted by atomic mass is 10.00. The van der Waals surface area contributed by atoms with Gasteiger partial charge in [0.25, 0.3) is 0 Å². The Balaban J connectivity index is 1.43. The van der Waals surface area contributed by atoms with Crippen molar-refractivity contribution in [2.24, 2.45) is 0 Å². The van der Waals surface area contributed by atoms with Gasteiger partial charge >= 0.3 is 0 Å². The van der Waals surface area contributed by atoms with Crippen LogP contribution in [0.5, 0.6) is 0 Å². The van der Waals surface area contributed by atoms with E-state index in [2.05, 4.69) is 63.7 Å². The van der Waals surface area contributed by atoms with Crippen LogP contribution in [0.1, 0.15) is 11.6 Å². The van der Waals surface area contributed by atoms with Crippen LogP contribution in [0.4, 0.5) is 0 Å². The fraction of sp³-hybridized carbons (Fsp3) is 0.667. The lowest BCUT2D eigenvalue weighted by Crippen LogP contribution is -2.61. The summed E-state index contributed by atoms with van der Waals surface area (Å²) in [6, 6.07) is 12.7. The van der Waals surface area contributed by atoms with E-state index in [9.17, 15) is 0 Å². The van der Waals surface area contributed by atoms with E-state index in [-0.39, 0.29) is 0 Å². The second kappa shape index (κ2) is 7.79. The highest BCUT2D eigenvalue weighted by atomic mass is 32.2. The summed E-state index contributed by atoms with van der Waals surface area (Å²) in [4.78, 5) is 5.44. The predicted molar refractivity (Wildman–Crippen MR) is 101 cm³/mol. The molecule has 0 spiro atoms. The summed E-state index contributed by atoms with van der Waals surface area (Å²) in [5, 5.41) is 0. The number of benzene rings is 1. The van der Waals surface area contributed by atoms with Gasteiger partial charge in [-0.05, 0) is 5.56 Å². The van der Waals surface area contributed by atoms with Gasteiger partial charge in [-0.2, -0.15) is 23.5 Å². The first-order valence-corrected chi connectivity index (χ1v) is 11.0. The Bertz CT molecular complexity index is 493. The lowest BCUT2D eigenvalue weighted by molar-refractivity contribution is -0.0860. The molecule has 0 radical (unpaired) electrons. The number of thioether (sulfide) groups is 2. The van der Waals surface area contributed by atoms with Crippen molar-refractivity contribution in [3.63, 3.8) is 0 Å². The first-order chi connectivity index (χ1) is 11.4. The van der Waals surface area contributed by atoms with E-state index in [4.69, 9.17) is 4.74 Å². The summed E-state index contributed by atoms with van der Waals surface area (Å²) in [6.07, 6.45) is 0. The van der Waals surface area contributed by atoms with E-state index in [1.807, 2.05) is 0 Å². The van der Waals surface area contributed by atoms with Gasteiger partial charge in [-0.25, -0.2) is 0 Å². The topological polar surface area (TPSA) is 15.7 Å². The van der Waals surface area contributed by atoms with Gasteiger partial charge in [0, 0.05) is 54.7 Å². The van der Waals surface area contributed by atoms with Gasteiger partial charge in [-0.3, -0.25) is 9.80 Å². The highest BCUT2D eigenvalue weighted by molar-refractivity contribution is 8.03. The van der Waals surface area contributed by atoms with Gasteiger partial charge in [0.05, 0.1) is 19.3 Å². The number of hydrogen-bond acceptors (Lipinski definition) is 5. The van der Waals surface area contributed by atoms with Crippen molar-refractivity contribution in [2.75, 3.05) is 55.9 Å². The van der Waals surface area contributed by atoms with Crippen molar-refractivity contribution in [3.8, 4) is 0 Å². The third-order valence-corrected chi connectivity index (χ3v) is 7.72. The molecule has 3 nitrogen and oxygen atoms in total. The molecule has 4 rings (SSSR count). The minimum Gasteiger partial charge on any atom is -0.378 e. The van der Waals surface area contributed by atoms with E-state index in [1.165, 1.54) is 48.2 Å². The zero-order chi connectivity index (χ0) is 15.5. The Hall–Kier alpha value is -0.200. The summed E-state index contributed by atoms with van der Waals surface area (Å²) in [5.74, 6) is 5.26. The molecule has 0 saturated carbocycles. The molecule has 3 aliphatic rings. The molecule has 2 atom stereocenters. The zero-order valence-corrected chi connectivity index (χ0v) is 15.2. The average molecular weight is 351 g/mol. The molecule has 1 aromatic carbocycles. The maximum absolute atomic E-state index is 5.99. The molecule has 126 valence electrons. The molecule has 0 aromatic heterocycles. The second-order valence-corrected chi connectivity index (χ2v) is 8.95. The Labute approximate surface area is 148 Å². The first-order valence-electron chi connectivity index (χ1n) is 8.70. The van der Waals surface area contributed by atoms with E-state index < -0.39 is 0 Å². The molecule has 0 unspecified atom stereocenters. The monoisotopic (exact) mass is 350 g/mol. The highest BCUT2D eigenvalue weighted by Crippen LogP contribution is 2.31. The van der Waals surface area contributed by atoms with Gasteiger partial charge in [-0.15, -0.1) is 0 Å². The number of fused-ring (bicyclic) bond motifs is 1. The third-order valence-electron chi connectivity index (χ3n) is 5.24. The maximum atomic E-state index is 5.99. The molecule has 3 heterocycles. The largest absolute Gasteiger partial charge is 0.378 e. The Morgan fingerprint density at radius 3 is 2.48 bits per heavy atom. The molecule has 5 heteroatoms. The van der Waals surface area contributed by atoms with Crippen LogP contribution in [0.2, 0.25) is 0 Å². The molecular weight excluding hydrogens is 324 g/mol. The Kier molecular flexibility index (Phi) is 5.51. The van der Waals surface area contributed by atoms with Crippen LogP contribution in [0, 0.1) is 0 Å². The number of nitrogens with zero attached hydrogens (tertiary/aromatic N) is 2. The van der Waals surface area contributed by atoms with Gasteiger partial charge < -0.3 is 4.74 Å². The van der Waals surface area contributed by atoms with Crippen LogP contribution in [0.3, 0.4) is 0 Å². The smallest absolute Gasteiger partial charge is 0.0664 e. The fourth-order valence-electron chi connectivity index (χ4n) is 3.97. The predicted octanol–water partition coefficient (Wildman–Crippen LogP) is 2.59. The standard InChI is InChI=1S/C18H26N2OS2/c1-2-4-15(5-3-1)18-12-21-11-16-10-19(6-7-20(16)18)17-13-22-8-9-23-14-17/h1-5,16-18H,6-14H2/t16-,18-/m1/s1. The van der Waals surface area contributed by atoms with E-state index in [1.54, 1.807) is 0 Å². The van der Waals surface area contributed by atoms with Crippen molar-refractivity contribution in [2.45, 2.75) is 18.1 Å². The van der Waals surface area contributed by atoms with Gasteiger partial charge in [0.15, 0.2) is 0 Å². The molecule has 1 aromatic rings. The van der Waals surface area contributed by atoms with Crippen LogP contribution >= 0.6 is 23.5 Å². The minimum absolute atomic E-state index is 0.440. The van der Waals surface area contributed by atoms with Crippen LogP contribution in [-0.4, -0.2) is 77.7 Å². The quantitative estimate of drug-likeness (QED) is 0.812. The number of morpholine rings is 1. The van der Waals surface area contributed by atoms with E-state index in [0.717, 1.165) is 19.3 Å². The summed E-state index contributed by atoms with van der Waals surface area (Å²) in [7, 11) is 0. The first kappa shape index (κ1) is 16.3. The van der Waals surface area contributed by atoms with Crippen molar-refractivity contribution < 1.29 is 4.74 Å². The number of ether oxygens (including phenoxy) is 1. The van der Waals surface area contributed by atoms with Crippen molar-refractivity contribution in [1.82, 2.24) is 9.80 Å². The van der Waals surface area contributed by atoms with Crippen LogP contribution < -0.4 is 0 Å². The minimum atomic E-state index is 0.440. The molecule has 0 bridgehead atoms. The Morgan fingerprint density at radius 1 is 0.913 bits per heavy atom. The molecule has 3 fully saturated rings. The average Bonchev–Trinajstić information content (AvgIpc) is 2.91. The van der Waals surface area contributed by atoms with Crippen molar-refractivity contribution in [3.05, 3.63) is 35.9 Å². The molecule has 0 aliphatic carbocycles. The van der Waals surface area contributed by atoms with Crippen LogP contribution in [-0.2, 0) is 4.74 Å². The summed E-state index contributed by atoms with van der Waals surface area (Å²) < 4.78 is 5.99. The normalized spacial score (nSPS) is 31.5. The summed E-state index contributed by atoms with van der Waals surface area (Å²) in [5.41, 5.74) is 1.41. The second-order valence-electron chi connectivity index (χ2n) is 6.65. The maximum Gasteiger partial charge on any atom is 0.0664 e. The summed E-state index contributed by atoms with van der Waals surface area (Å²) in [6.45, 7) is 5.31. The Morgan fingerprint density at radius 2 is 1.70 bits per heavy atom.